The van der Waals surface area contributed by atoms with Gasteiger partial charge in [0.25, 0.3) is 11.8 Å². The van der Waals surface area contributed by atoms with E-state index in [-0.39, 0.29) is 22.8 Å². The molecule has 0 atom stereocenters. The maximum atomic E-state index is 13.5. The lowest BCUT2D eigenvalue weighted by Gasteiger charge is -2.26. The number of phenolic OH excluding ortho intramolecular Hbond substituents is 1. The van der Waals surface area contributed by atoms with Crippen LogP contribution < -0.4 is 15.0 Å². The number of aromatic hydroxyl groups is 1. The van der Waals surface area contributed by atoms with E-state index in [4.69, 9.17) is 4.74 Å². The molecule has 0 aliphatic carbocycles. The van der Waals surface area contributed by atoms with E-state index in [1.807, 2.05) is 0 Å². The molecule has 2 N–H and O–H groups in total. The normalized spacial score (nSPS) is 15.0. The summed E-state index contributed by atoms with van der Waals surface area (Å²) in [7, 11) is 1.49. The molecule has 0 unspecified atom stereocenters. The van der Waals surface area contributed by atoms with Gasteiger partial charge in [-0.3, -0.25) is 14.9 Å². The lowest BCUT2D eigenvalue weighted by Crippen LogP contribution is -2.54. The van der Waals surface area contributed by atoms with Crippen molar-refractivity contribution >= 4 is 29.6 Å². The Labute approximate surface area is 188 Å². The molecular weight excluding hydrogens is 427 g/mol. The molecule has 1 aliphatic heterocycles. The largest absolute Gasteiger partial charge is 0.508 e. The Morgan fingerprint density at radius 3 is 2.48 bits per heavy atom. The van der Waals surface area contributed by atoms with Crippen LogP contribution in [0.5, 0.6) is 11.5 Å². The molecule has 166 valence electrons. The molecule has 4 amide bonds. The number of anilines is 1. The number of benzene rings is 3. The number of carbonyl (C=O) groups excluding carboxylic acids is 3. The molecule has 1 fully saturated rings. The predicted molar refractivity (Wildman–Crippen MR) is 119 cm³/mol. The van der Waals surface area contributed by atoms with E-state index in [9.17, 15) is 23.9 Å². The number of halogens is 1. The second-order valence-corrected chi connectivity index (χ2v) is 7.35. The molecular formula is C25H19FN2O5. The van der Waals surface area contributed by atoms with Crippen molar-refractivity contribution in [3.8, 4) is 11.5 Å². The predicted octanol–water partition coefficient (Wildman–Crippen LogP) is 3.80. The molecule has 7 nitrogen and oxygen atoms in total. The zero-order valence-electron chi connectivity index (χ0n) is 17.5. The minimum atomic E-state index is -0.879. The first-order chi connectivity index (χ1) is 15.9. The summed E-state index contributed by atoms with van der Waals surface area (Å²) >= 11 is 0. The van der Waals surface area contributed by atoms with Crippen LogP contribution in [0.3, 0.4) is 0 Å². The minimum Gasteiger partial charge on any atom is -0.508 e. The third-order valence-corrected chi connectivity index (χ3v) is 5.12. The molecule has 0 radical (unpaired) electrons. The molecule has 1 aliphatic rings. The third-order valence-electron chi connectivity index (χ3n) is 5.12. The fourth-order valence-electron chi connectivity index (χ4n) is 3.52. The van der Waals surface area contributed by atoms with Gasteiger partial charge in [0.05, 0.1) is 12.8 Å². The van der Waals surface area contributed by atoms with Crippen LogP contribution in [-0.4, -0.2) is 30.1 Å². The molecule has 3 aromatic carbocycles. The Morgan fingerprint density at radius 2 is 1.79 bits per heavy atom. The molecule has 0 aromatic heterocycles. The summed E-state index contributed by atoms with van der Waals surface area (Å²) in [6, 6.07) is 15.9. The maximum Gasteiger partial charge on any atom is 0.335 e. The first-order valence-corrected chi connectivity index (χ1v) is 9.97. The van der Waals surface area contributed by atoms with Gasteiger partial charge in [0.2, 0.25) is 0 Å². The first-order valence-electron chi connectivity index (χ1n) is 9.97. The van der Waals surface area contributed by atoms with Crippen LogP contribution in [0.25, 0.3) is 6.08 Å². The second kappa shape index (κ2) is 8.96. The molecule has 4 rings (SSSR count). The van der Waals surface area contributed by atoms with E-state index < -0.39 is 17.8 Å². The summed E-state index contributed by atoms with van der Waals surface area (Å²) in [6.45, 7) is 0. The van der Waals surface area contributed by atoms with Gasteiger partial charge in [-0.05, 0) is 65.2 Å². The van der Waals surface area contributed by atoms with Crippen molar-refractivity contribution in [3.05, 3.63) is 94.8 Å². The highest BCUT2D eigenvalue weighted by molar-refractivity contribution is 6.39. The van der Waals surface area contributed by atoms with Crippen molar-refractivity contribution in [2.45, 2.75) is 6.42 Å². The van der Waals surface area contributed by atoms with Crippen LogP contribution in [0, 0.1) is 5.82 Å². The van der Waals surface area contributed by atoms with Gasteiger partial charge in [-0.1, -0.05) is 24.3 Å². The summed E-state index contributed by atoms with van der Waals surface area (Å²) in [6.07, 6.45) is 1.80. The van der Waals surface area contributed by atoms with Crippen molar-refractivity contribution in [2.75, 3.05) is 12.0 Å². The van der Waals surface area contributed by atoms with Gasteiger partial charge in [-0.2, -0.15) is 0 Å². The van der Waals surface area contributed by atoms with E-state index in [1.54, 1.807) is 30.3 Å². The number of nitrogens with one attached hydrogen (secondary N) is 1. The number of nitrogens with zero attached hydrogens (tertiary/aromatic N) is 1. The monoisotopic (exact) mass is 446 g/mol. The minimum absolute atomic E-state index is 0.0270. The van der Waals surface area contributed by atoms with Crippen molar-refractivity contribution in [1.82, 2.24) is 5.32 Å². The van der Waals surface area contributed by atoms with Gasteiger partial charge >= 0.3 is 6.03 Å². The number of ether oxygens (including phenoxy) is 1. The number of phenols is 1. The highest BCUT2D eigenvalue weighted by atomic mass is 19.1. The van der Waals surface area contributed by atoms with Crippen LogP contribution in [0.2, 0.25) is 0 Å². The molecule has 0 bridgehead atoms. The number of barbiturate groups is 1. The van der Waals surface area contributed by atoms with E-state index in [0.29, 0.717) is 17.7 Å². The lowest BCUT2D eigenvalue weighted by molar-refractivity contribution is -0.122. The number of methoxy groups -OCH3 is 1. The third kappa shape index (κ3) is 4.59. The molecule has 8 heteroatoms. The molecule has 33 heavy (non-hydrogen) atoms. The maximum absolute atomic E-state index is 13.5. The smallest absolute Gasteiger partial charge is 0.335 e. The Kier molecular flexibility index (Phi) is 5.91. The van der Waals surface area contributed by atoms with Crippen LogP contribution in [0.4, 0.5) is 14.9 Å². The number of urea groups is 1. The lowest BCUT2D eigenvalue weighted by atomic mass is 10.0. The van der Waals surface area contributed by atoms with Crippen LogP contribution in [-0.2, 0) is 16.0 Å². The van der Waals surface area contributed by atoms with Crippen LogP contribution >= 0.6 is 0 Å². The average molecular weight is 446 g/mol. The Morgan fingerprint density at radius 1 is 1.03 bits per heavy atom. The van der Waals surface area contributed by atoms with Crippen molar-refractivity contribution in [1.29, 1.82) is 0 Å². The quantitative estimate of drug-likeness (QED) is 0.459. The number of amides is 4. The van der Waals surface area contributed by atoms with Gasteiger partial charge in [0.15, 0.2) is 0 Å². The van der Waals surface area contributed by atoms with Gasteiger partial charge in [-0.15, -0.1) is 0 Å². The summed E-state index contributed by atoms with van der Waals surface area (Å²) in [4.78, 5) is 38.5. The zero-order chi connectivity index (χ0) is 23.5. The Balaban J connectivity index is 1.65. The molecule has 0 spiro atoms. The van der Waals surface area contributed by atoms with Crippen LogP contribution in [0.1, 0.15) is 16.7 Å². The number of carbonyl (C=O) groups is 3. The molecule has 1 heterocycles. The highest BCUT2D eigenvalue weighted by Crippen LogP contribution is 2.27. The van der Waals surface area contributed by atoms with E-state index in [2.05, 4.69) is 5.32 Å². The summed E-state index contributed by atoms with van der Waals surface area (Å²) in [5.74, 6) is -1.47. The summed E-state index contributed by atoms with van der Waals surface area (Å²) in [5.41, 5.74) is 2.04. The van der Waals surface area contributed by atoms with Gasteiger partial charge in [0.1, 0.15) is 22.9 Å². The SMILES string of the molecule is COc1cc(/C=C2\C(=O)NC(=O)N(c3ccc(O)cc3)C2=O)ccc1Cc1cccc(F)c1. The molecule has 1 saturated heterocycles. The Hall–Kier alpha value is -4.46. The topological polar surface area (TPSA) is 95.9 Å². The number of hydrogen-bond donors (Lipinski definition) is 2. The number of imide groups is 2. The van der Waals surface area contributed by atoms with Gasteiger partial charge in [0, 0.05) is 6.42 Å². The summed E-state index contributed by atoms with van der Waals surface area (Å²) in [5, 5.41) is 11.6. The Bertz CT molecular complexity index is 1280. The van der Waals surface area contributed by atoms with Gasteiger partial charge in [-0.25, -0.2) is 14.1 Å². The number of hydrogen-bond acceptors (Lipinski definition) is 5. The molecule has 0 saturated carbocycles. The standard InChI is InChI=1S/C25H19FN2O5/c1-33-22-14-16(5-6-17(22)11-15-3-2-4-18(26)12-15)13-21-23(30)27-25(32)28(24(21)31)19-7-9-20(29)10-8-19/h2-10,12-14,29H,11H2,1H3,(H,27,30,32)/b21-13+. The fourth-order valence-corrected chi connectivity index (χ4v) is 3.52. The average Bonchev–Trinajstić information content (AvgIpc) is 2.78. The summed E-state index contributed by atoms with van der Waals surface area (Å²) < 4.78 is 19.0. The highest BCUT2D eigenvalue weighted by Gasteiger charge is 2.36. The van der Waals surface area contributed by atoms with E-state index in [1.165, 1.54) is 49.6 Å². The van der Waals surface area contributed by atoms with Crippen molar-refractivity contribution in [2.24, 2.45) is 0 Å². The van der Waals surface area contributed by atoms with E-state index >= 15 is 0 Å². The van der Waals surface area contributed by atoms with Crippen LogP contribution in [0.15, 0.2) is 72.3 Å². The van der Waals surface area contributed by atoms with E-state index in [0.717, 1.165) is 16.0 Å². The molecule has 3 aromatic rings. The van der Waals surface area contributed by atoms with Crippen molar-refractivity contribution in [3.63, 3.8) is 0 Å². The second-order valence-electron chi connectivity index (χ2n) is 7.35. The fraction of sp³-hybridized carbons (Fsp3) is 0.0800. The number of rotatable bonds is 5. The zero-order valence-corrected chi connectivity index (χ0v) is 17.5. The first kappa shape index (κ1) is 21.8. The van der Waals surface area contributed by atoms with Gasteiger partial charge < -0.3 is 9.84 Å². The van der Waals surface area contributed by atoms with Crippen molar-refractivity contribution < 1.29 is 28.6 Å².